The predicted molar refractivity (Wildman–Crippen MR) is 70.9 cm³/mol. The number of benzene rings is 1. The number of hydrogen-bond acceptors (Lipinski definition) is 2. The van der Waals surface area contributed by atoms with E-state index in [1.807, 2.05) is 12.1 Å². The van der Waals surface area contributed by atoms with Gasteiger partial charge < -0.3 is 11.1 Å². The van der Waals surface area contributed by atoms with Crippen LogP contribution in [0.25, 0.3) is 0 Å². The Kier molecular flexibility index (Phi) is 4.29. The summed E-state index contributed by atoms with van der Waals surface area (Å²) in [4.78, 5) is 11.5. The highest BCUT2D eigenvalue weighted by Gasteiger charge is 2.23. The summed E-state index contributed by atoms with van der Waals surface area (Å²) in [5.41, 5.74) is 7.93. The molecule has 1 amide bonds. The van der Waals surface area contributed by atoms with Gasteiger partial charge in [0.05, 0.1) is 6.04 Å². The van der Waals surface area contributed by atoms with Crippen LogP contribution in [0.15, 0.2) is 24.3 Å². The second kappa shape index (κ2) is 5.32. The SMILES string of the molecule is Cc1ccccc1C(C)(C)CNC(=O)C(C)N. The molecule has 0 heterocycles. The van der Waals surface area contributed by atoms with E-state index < -0.39 is 6.04 Å². The molecule has 1 aromatic carbocycles. The van der Waals surface area contributed by atoms with E-state index in [0.29, 0.717) is 6.54 Å². The van der Waals surface area contributed by atoms with Crippen molar-refractivity contribution in [2.45, 2.75) is 39.2 Å². The van der Waals surface area contributed by atoms with Gasteiger partial charge in [0.25, 0.3) is 0 Å². The number of aryl methyl sites for hydroxylation is 1. The molecule has 17 heavy (non-hydrogen) atoms. The Hall–Kier alpha value is -1.35. The summed E-state index contributed by atoms with van der Waals surface area (Å²) < 4.78 is 0. The Bertz CT molecular complexity index is 397. The zero-order valence-corrected chi connectivity index (χ0v) is 11.1. The van der Waals surface area contributed by atoms with Crippen LogP contribution in [-0.4, -0.2) is 18.5 Å². The molecule has 0 fully saturated rings. The molecule has 0 spiro atoms. The number of carbonyl (C=O) groups excluding carboxylic acids is 1. The fourth-order valence-electron chi connectivity index (χ4n) is 1.90. The monoisotopic (exact) mass is 234 g/mol. The molecule has 3 heteroatoms. The van der Waals surface area contributed by atoms with Crippen molar-refractivity contribution >= 4 is 5.91 Å². The van der Waals surface area contributed by atoms with Gasteiger partial charge in [-0.25, -0.2) is 0 Å². The van der Waals surface area contributed by atoms with Gasteiger partial charge in [0, 0.05) is 12.0 Å². The zero-order chi connectivity index (χ0) is 13.1. The normalized spacial score (nSPS) is 13.2. The first-order chi connectivity index (χ1) is 7.84. The average Bonchev–Trinajstić information content (AvgIpc) is 2.26. The van der Waals surface area contributed by atoms with Crippen LogP contribution in [0.2, 0.25) is 0 Å². The standard InChI is InChI=1S/C14H22N2O/c1-10-7-5-6-8-12(10)14(3,4)9-16-13(17)11(2)15/h5-8,11H,9,15H2,1-4H3,(H,16,17). The smallest absolute Gasteiger partial charge is 0.236 e. The largest absolute Gasteiger partial charge is 0.354 e. The van der Waals surface area contributed by atoms with Gasteiger partial charge in [-0.3, -0.25) is 4.79 Å². The molecule has 0 radical (unpaired) electrons. The third kappa shape index (κ3) is 3.56. The second-order valence-corrected chi connectivity index (χ2v) is 5.21. The molecule has 3 N–H and O–H groups in total. The molecule has 1 rings (SSSR count). The third-order valence-electron chi connectivity index (χ3n) is 2.99. The van der Waals surface area contributed by atoms with Gasteiger partial charge in [0.1, 0.15) is 0 Å². The van der Waals surface area contributed by atoms with E-state index in [2.05, 4.69) is 38.2 Å². The Labute approximate surface area is 103 Å². The van der Waals surface area contributed by atoms with Gasteiger partial charge in [-0.2, -0.15) is 0 Å². The zero-order valence-electron chi connectivity index (χ0n) is 11.1. The Morgan fingerprint density at radius 1 is 1.41 bits per heavy atom. The van der Waals surface area contributed by atoms with Gasteiger partial charge in [-0.15, -0.1) is 0 Å². The van der Waals surface area contributed by atoms with Crippen molar-refractivity contribution in [1.29, 1.82) is 0 Å². The molecule has 3 nitrogen and oxygen atoms in total. The molecule has 0 saturated heterocycles. The summed E-state index contributed by atoms with van der Waals surface area (Å²) in [7, 11) is 0. The number of rotatable bonds is 4. The van der Waals surface area contributed by atoms with Crippen molar-refractivity contribution in [3.63, 3.8) is 0 Å². The van der Waals surface area contributed by atoms with Crippen LogP contribution < -0.4 is 11.1 Å². The van der Waals surface area contributed by atoms with Crippen molar-refractivity contribution in [2.75, 3.05) is 6.54 Å². The van der Waals surface area contributed by atoms with Gasteiger partial charge in [-0.05, 0) is 25.0 Å². The molecule has 0 bridgehead atoms. The lowest BCUT2D eigenvalue weighted by molar-refractivity contribution is -0.122. The van der Waals surface area contributed by atoms with E-state index in [-0.39, 0.29) is 11.3 Å². The molecule has 0 aliphatic rings. The minimum atomic E-state index is -0.456. The van der Waals surface area contributed by atoms with Crippen molar-refractivity contribution in [3.8, 4) is 0 Å². The number of hydrogen-bond donors (Lipinski definition) is 2. The van der Waals surface area contributed by atoms with Crippen molar-refractivity contribution in [3.05, 3.63) is 35.4 Å². The summed E-state index contributed by atoms with van der Waals surface area (Å²) in [6, 6.07) is 7.78. The molecule has 1 aromatic rings. The molecular formula is C14H22N2O. The summed E-state index contributed by atoms with van der Waals surface area (Å²) >= 11 is 0. The molecule has 94 valence electrons. The summed E-state index contributed by atoms with van der Waals surface area (Å²) in [6.45, 7) is 8.62. The van der Waals surface area contributed by atoms with Crippen molar-refractivity contribution in [2.24, 2.45) is 5.73 Å². The van der Waals surface area contributed by atoms with Crippen LogP contribution in [0, 0.1) is 6.92 Å². The first kappa shape index (κ1) is 13.7. The number of nitrogens with two attached hydrogens (primary N) is 1. The first-order valence-corrected chi connectivity index (χ1v) is 5.94. The maximum atomic E-state index is 11.5. The highest BCUT2D eigenvalue weighted by atomic mass is 16.2. The highest BCUT2D eigenvalue weighted by Crippen LogP contribution is 2.25. The Morgan fingerprint density at radius 2 is 2.00 bits per heavy atom. The number of nitrogens with one attached hydrogen (secondary N) is 1. The summed E-state index contributed by atoms with van der Waals surface area (Å²) in [5.74, 6) is -0.105. The van der Waals surface area contributed by atoms with Crippen LogP contribution >= 0.6 is 0 Å². The van der Waals surface area contributed by atoms with Crippen molar-refractivity contribution < 1.29 is 4.79 Å². The number of carbonyl (C=O) groups is 1. The van der Waals surface area contributed by atoms with Gasteiger partial charge in [0.15, 0.2) is 0 Å². The van der Waals surface area contributed by atoms with Crippen LogP contribution in [0.4, 0.5) is 0 Å². The fourth-order valence-corrected chi connectivity index (χ4v) is 1.90. The minimum absolute atomic E-state index is 0.0874. The van der Waals surface area contributed by atoms with E-state index >= 15 is 0 Å². The lowest BCUT2D eigenvalue weighted by atomic mass is 9.82. The quantitative estimate of drug-likeness (QED) is 0.833. The maximum absolute atomic E-state index is 11.5. The minimum Gasteiger partial charge on any atom is -0.354 e. The molecule has 0 saturated carbocycles. The lowest BCUT2D eigenvalue weighted by Gasteiger charge is -2.27. The van der Waals surface area contributed by atoms with Crippen LogP contribution in [0.5, 0.6) is 0 Å². The van der Waals surface area contributed by atoms with Crippen LogP contribution in [0.1, 0.15) is 31.9 Å². The summed E-state index contributed by atoms with van der Waals surface area (Å²) in [6.07, 6.45) is 0. The van der Waals surface area contributed by atoms with E-state index in [4.69, 9.17) is 5.73 Å². The topological polar surface area (TPSA) is 55.1 Å². The highest BCUT2D eigenvalue weighted by molar-refractivity contribution is 5.81. The van der Waals surface area contributed by atoms with E-state index in [1.165, 1.54) is 11.1 Å². The van der Waals surface area contributed by atoms with E-state index in [0.717, 1.165) is 0 Å². The number of amides is 1. The fraction of sp³-hybridized carbons (Fsp3) is 0.500. The van der Waals surface area contributed by atoms with E-state index in [1.54, 1.807) is 6.92 Å². The molecular weight excluding hydrogens is 212 g/mol. The summed E-state index contributed by atoms with van der Waals surface area (Å²) in [5, 5.41) is 2.88. The second-order valence-electron chi connectivity index (χ2n) is 5.21. The Morgan fingerprint density at radius 3 is 2.53 bits per heavy atom. The third-order valence-corrected chi connectivity index (χ3v) is 2.99. The first-order valence-electron chi connectivity index (χ1n) is 5.94. The average molecular weight is 234 g/mol. The predicted octanol–water partition coefficient (Wildman–Crippen LogP) is 1.74. The van der Waals surface area contributed by atoms with E-state index in [9.17, 15) is 4.79 Å². The maximum Gasteiger partial charge on any atom is 0.236 e. The molecule has 1 unspecified atom stereocenters. The molecule has 0 aromatic heterocycles. The molecule has 0 aliphatic heterocycles. The molecule has 1 atom stereocenters. The van der Waals surface area contributed by atoms with Gasteiger partial charge in [0.2, 0.25) is 5.91 Å². The van der Waals surface area contributed by atoms with Crippen LogP contribution in [0.3, 0.4) is 0 Å². The van der Waals surface area contributed by atoms with Crippen LogP contribution in [-0.2, 0) is 10.2 Å². The van der Waals surface area contributed by atoms with Crippen molar-refractivity contribution in [1.82, 2.24) is 5.32 Å². The van der Waals surface area contributed by atoms with Gasteiger partial charge in [-0.1, -0.05) is 38.1 Å². The Balaban J connectivity index is 2.76. The molecule has 0 aliphatic carbocycles. The van der Waals surface area contributed by atoms with Gasteiger partial charge >= 0.3 is 0 Å². The lowest BCUT2D eigenvalue weighted by Crippen LogP contribution is -2.44.